The van der Waals surface area contributed by atoms with Gasteiger partial charge in [0.05, 0.1) is 17.2 Å². The van der Waals surface area contributed by atoms with Crippen molar-refractivity contribution in [2.75, 3.05) is 32.7 Å². The van der Waals surface area contributed by atoms with Gasteiger partial charge in [0.1, 0.15) is 6.54 Å². The van der Waals surface area contributed by atoms with Crippen LogP contribution in [0.15, 0.2) is 71.8 Å². The molecule has 1 saturated heterocycles. The van der Waals surface area contributed by atoms with Crippen LogP contribution in [0.25, 0.3) is 17.0 Å². The van der Waals surface area contributed by atoms with Crippen molar-refractivity contribution in [2.45, 2.75) is 6.54 Å². The maximum Gasteiger partial charge on any atom is 0.261 e. The number of aromatic nitrogens is 2. The van der Waals surface area contributed by atoms with Gasteiger partial charge in [-0.05, 0) is 17.7 Å². The zero-order chi connectivity index (χ0) is 20.1. The van der Waals surface area contributed by atoms with E-state index in [0.29, 0.717) is 24.0 Å². The number of para-hydroxylation sites is 1. The molecule has 1 aromatic heterocycles. The molecule has 0 spiro atoms. The summed E-state index contributed by atoms with van der Waals surface area (Å²) in [5.41, 5.74) is 1.67. The molecule has 4 rings (SSSR count). The fourth-order valence-corrected chi connectivity index (χ4v) is 3.55. The predicted octanol–water partition coefficient (Wildman–Crippen LogP) is 2.25. The van der Waals surface area contributed by atoms with E-state index >= 15 is 0 Å². The maximum atomic E-state index is 12.7. The van der Waals surface area contributed by atoms with Crippen molar-refractivity contribution in [3.05, 3.63) is 82.9 Å². The molecule has 1 aliphatic heterocycles. The summed E-state index contributed by atoms with van der Waals surface area (Å²) < 4.78 is 1.40. The van der Waals surface area contributed by atoms with E-state index in [-0.39, 0.29) is 18.0 Å². The lowest BCUT2D eigenvalue weighted by atomic mass is 10.2. The fraction of sp³-hybridized carbons (Fsp3) is 0.261. The van der Waals surface area contributed by atoms with Crippen LogP contribution in [0.2, 0.25) is 0 Å². The summed E-state index contributed by atoms with van der Waals surface area (Å²) in [6.45, 7) is 3.91. The number of amides is 1. The Hall–Kier alpha value is -3.25. The molecule has 148 valence electrons. The highest BCUT2D eigenvalue weighted by atomic mass is 16.2. The molecule has 0 radical (unpaired) electrons. The lowest BCUT2D eigenvalue weighted by molar-refractivity contribution is -0.133. The van der Waals surface area contributed by atoms with Crippen LogP contribution in [0, 0.1) is 0 Å². The molecule has 0 unspecified atom stereocenters. The topological polar surface area (TPSA) is 58.4 Å². The average Bonchev–Trinajstić information content (AvgIpc) is 2.77. The van der Waals surface area contributed by atoms with E-state index in [9.17, 15) is 9.59 Å². The SMILES string of the molecule is O=C(Cn1cnc2ccccc2c1=O)N1CCN(C/C=C\c2ccccc2)CC1. The minimum atomic E-state index is -0.173. The van der Waals surface area contributed by atoms with Crippen LogP contribution < -0.4 is 5.56 Å². The third-order valence-corrected chi connectivity index (χ3v) is 5.24. The molecule has 0 atom stereocenters. The number of benzene rings is 2. The number of rotatable bonds is 5. The van der Waals surface area contributed by atoms with Crippen molar-refractivity contribution in [2.24, 2.45) is 0 Å². The number of hydrogen-bond acceptors (Lipinski definition) is 4. The highest BCUT2D eigenvalue weighted by Gasteiger charge is 2.21. The molecular weight excluding hydrogens is 364 g/mol. The zero-order valence-electron chi connectivity index (χ0n) is 16.3. The van der Waals surface area contributed by atoms with Gasteiger partial charge in [0, 0.05) is 32.7 Å². The number of hydrogen-bond donors (Lipinski definition) is 0. The number of fused-ring (bicyclic) bond motifs is 1. The first kappa shape index (κ1) is 19.1. The van der Waals surface area contributed by atoms with Gasteiger partial charge in [0.15, 0.2) is 0 Å². The molecule has 2 aromatic carbocycles. The van der Waals surface area contributed by atoms with Gasteiger partial charge in [-0.25, -0.2) is 4.98 Å². The Kier molecular flexibility index (Phi) is 5.81. The normalized spacial score (nSPS) is 15.2. The number of piperazine rings is 1. The largest absolute Gasteiger partial charge is 0.339 e. The van der Waals surface area contributed by atoms with E-state index < -0.39 is 0 Å². The summed E-state index contributed by atoms with van der Waals surface area (Å²) in [6.07, 6.45) is 5.75. The Morgan fingerprint density at radius 2 is 1.69 bits per heavy atom. The van der Waals surface area contributed by atoms with Crippen molar-refractivity contribution < 1.29 is 4.79 Å². The average molecular weight is 388 g/mol. The third kappa shape index (κ3) is 4.60. The van der Waals surface area contributed by atoms with E-state index in [1.165, 1.54) is 16.5 Å². The van der Waals surface area contributed by atoms with Crippen molar-refractivity contribution in [1.82, 2.24) is 19.4 Å². The number of carbonyl (C=O) groups excluding carboxylic acids is 1. The van der Waals surface area contributed by atoms with Gasteiger partial charge >= 0.3 is 0 Å². The molecule has 1 fully saturated rings. The smallest absolute Gasteiger partial charge is 0.261 e. The Bertz CT molecular complexity index is 1070. The summed E-state index contributed by atoms with van der Waals surface area (Å²) in [7, 11) is 0. The van der Waals surface area contributed by atoms with Crippen LogP contribution in [0.5, 0.6) is 0 Å². The lowest BCUT2D eigenvalue weighted by Gasteiger charge is -2.34. The Morgan fingerprint density at radius 1 is 0.966 bits per heavy atom. The molecule has 0 N–H and O–H groups in total. The molecule has 6 heteroatoms. The van der Waals surface area contributed by atoms with Crippen molar-refractivity contribution >= 4 is 22.9 Å². The van der Waals surface area contributed by atoms with Gasteiger partial charge in [0.2, 0.25) is 5.91 Å². The highest BCUT2D eigenvalue weighted by molar-refractivity contribution is 5.79. The van der Waals surface area contributed by atoms with E-state index in [1.54, 1.807) is 12.1 Å². The second-order valence-corrected chi connectivity index (χ2v) is 7.19. The van der Waals surface area contributed by atoms with Gasteiger partial charge in [-0.3, -0.25) is 19.1 Å². The standard InChI is InChI=1S/C23H24N4O2/c28-22(17-27-18-24-21-11-5-4-10-20(21)23(27)29)26-15-13-25(14-16-26)12-6-9-19-7-2-1-3-8-19/h1-11,18H,12-17H2/b9-6-. The van der Waals surface area contributed by atoms with Gasteiger partial charge in [-0.15, -0.1) is 0 Å². The first-order valence-corrected chi connectivity index (χ1v) is 9.86. The Morgan fingerprint density at radius 3 is 2.48 bits per heavy atom. The first-order chi connectivity index (χ1) is 14.2. The zero-order valence-corrected chi connectivity index (χ0v) is 16.3. The third-order valence-electron chi connectivity index (χ3n) is 5.24. The van der Waals surface area contributed by atoms with Crippen LogP contribution in [0.4, 0.5) is 0 Å². The van der Waals surface area contributed by atoms with Crippen LogP contribution in [-0.2, 0) is 11.3 Å². The second kappa shape index (κ2) is 8.84. The predicted molar refractivity (Wildman–Crippen MR) is 114 cm³/mol. The lowest BCUT2D eigenvalue weighted by Crippen LogP contribution is -2.49. The number of carbonyl (C=O) groups is 1. The molecule has 0 aliphatic carbocycles. The van der Waals surface area contributed by atoms with Gasteiger partial charge in [0.25, 0.3) is 5.56 Å². The monoisotopic (exact) mass is 388 g/mol. The fourth-order valence-electron chi connectivity index (χ4n) is 3.55. The van der Waals surface area contributed by atoms with Gasteiger partial charge < -0.3 is 4.90 Å². The quantitative estimate of drug-likeness (QED) is 0.673. The Balaban J connectivity index is 1.31. The molecule has 0 bridgehead atoms. The first-order valence-electron chi connectivity index (χ1n) is 9.86. The molecule has 6 nitrogen and oxygen atoms in total. The molecule has 1 aliphatic rings. The van der Waals surface area contributed by atoms with Gasteiger partial charge in [-0.1, -0.05) is 54.6 Å². The molecule has 1 amide bonds. The summed E-state index contributed by atoms with van der Waals surface area (Å²) in [5, 5.41) is 0.540. The van der Waals surface area contributed by atoms with Crippen LogP contribution in [0.1, 0.15) is 5.56 Å². The molecular formula is C23H24N4O2. The van der Waals surface area contributed by atoms with E-state index in [0.717, 1.165) is 19.6 Å². The molecule has 29 heavy (non-hydrogen) atoms. The highest BCUT2D eigenvalue weighted by Crippen LogP contribution is 2.07. The van der Waals surface area contributed by atoms with Crippen molar-refractivity contribution in [3.63, 3.8) is 0 Å². The van der Waals surface area contributed by atoms with E-state index in [1.807, 2.05) is 35.2 Å². The second-order valence-electron chi connectivity index (χ2n) is 7.19. The van der Waals surface area contributed by atoms with Crippen LogP contribution >= 0.6 is 0 Å². The number of nitrogens with zero attached hydrogens (tertiary/aromatic N) is 4. The van der Waals surface area contributed by atoms with Crippen molar-refractivity contribution in [3.8, 4) is 0 Å². The van der Waals surface area contributed by atoms with Gasteiger partial charge in [-0.2, -0.15) is 0 Å². The summed E-state index contributed by atoms with van der Waals surface area (Å²) in [5.74, 6) is -0.0383. The summed E-state index contributed by atoms with van der Waals surface area (Å²) in [4.78, 5) is 33.7. The molecule has 0 saturated carbocycles. The molecule has 3 aromatic rings. The van der Waals surface area contributed by atoms with Crippen LogP contribution in [-0.4, -0.2) is 58.0 Å². The maximum absolute atomic E-state index is 12.7. The van der Waals surface area contributed by atoms with Crippen molar-refractivity contribution in [1.29, 1.82) is 0 Å². The molecule has 2 heterocycles. The van der Waals surface area contributed by atoms with E-state index in [2.05, 4.69) is 34.2 Å². The van der Waals surface area contributed by atoms with Crippen LogP contribution in [0.3, 0.4) is 0 Å². The Labute approximate surface area is 169 Å². The summed E-state index contributed by atoms with van der Waals surface area (Å²) >= 11 is 0. The minimum absolute atomic E-state index is 0.0323. The summed E-state index contributed by atoms with van der Waals surface area (Å²) in [6, 6.07) is 17.4. The van der Waals surface area contributed by atoms with E-state index in [4.69, 9.17) is 0 Å². The minimum Gasteiger partial charge on any atom is -0.339 e.